The third-order valence-corrected chi connectivity index (χ3v) is 2.07. The van der Waals surface area contributed by atoms with Gasteiger partial charge in [-0.15, -0.1) is 0 Å². The van der Waals surface area contributed by atoms with Crippen LogP contribution in [0.3, 0.4) is 0 Å². The van der Waals surface area contributed by atoms with Gasteiger partial charge >= 0.3 is 0 Å². The van der Waals surface area contributed by atoms with Gasteiger partial charge in [-0.1, -0.05) is 6.07 Å². The molecule has 3 heteroatoms. The zero-order valence-electron chi connectivity index (χ0n) is 7.73. The van der Waals surface area contributed by atoms with Gasteiger partial charge in [0.25, 0.3) is 0 Å². The molecule has 1 atom stereocenters. The number of hydrogen-bond donors (Lipinski definition) is 1. The lowest BCUT2D eigenvalue weighted by atomic mass is 10.2. The fourth-order valence-corrected chi connectivity index (χ4v) is 1.48. The molecule has 3 nitrogen and oxygen atoms in total. The standard InChI is InChI=1S/C10H12N2O/c1-7-6-9-4-3-5-10(8(2)13)12(9)11-7/h3-6,8,13H,1-2H3. The summed E-state index contributed by atoms with van der Waals surface area (Å²) < 4.78 is 1.78. The molecule has 0 amide bonds. The van der Waals surface area contributed by atoms with Crippen molar-refractivity contribution in [2.24, 2.45) is 0 Å². The highest BCUT2D eigenvalue weighted by Gasteiger charge is 2.06. The number of aryl methyl sites for hydroxylation is 1. The number of aliphatic hydroxyl groups is 1. The first-order chi connectivity index (χ1) is 6.18. The van der Waals surface area contributed by atoms with E-state index in [1.807, 2.05) is 31.2 Å². The highest BCUT2D eigenvalue weighted by molar-refractivity contribution is 5.48. The maximum Gasteiger partial charge on any atom is 0.0932 e. The molecule has 2 aromatic heterocycles. The Hall–Kier alpha value is -1.35. The van der Waals surface area contributed by atoms with E-state index in [9.17, 15) is 5.11 Å². The van der Waals surface area contributed by atoms with E-state index in [0.717, 1.165) is 16.9 Å². The lowest BCUT2D eigenvalue weighted by Crippen LogP contribution is -2.01. The van der Waals surface area contributed by atoms with Crippen molar-refractivity contribution in [2.75, 3.05) is 0 Å². The Labute approximate surface area is 76.6 Å². The molecule has 0 saturated heterocycles. The molecule has 0 spiro atoms. The van der Waals surface area contributed by atoms with Gasteiger partial charge in [0.2, 0.25) is 0 Å². The Balaban J connectivity index is 2.75. The highest BCUT2D eigenvalue weighted by atomic mass is 16.3. The van der Waals surface area contributed by atoms with E-state index in [4.69, 9.17) is 0 Å². The number of aliphatic hydroxyl groups excluding tert-OH is 1. The van der Waals surface area contributed by atoms with E-state index in [-0.39, 0.29) is 0 Å². The quantitative estimate of drug-likeness (QED) is 0.718. The van der Waals surface area contributed by atoms with Crippen molar-refractivity contribution < 1.29 is 5.11 Å². The van der Waals surface area contributed by atoms with Gasteiger partial charge in [-0.3, -0.25) is 0 Å². The van der Waals surface area contributed by atoms with Crippen LogP contribution in [0.4, 0.5) is 0 Å². The summed E-state index contributed by atoms with van der Waals surface area (Å²) in [5.74, 6) is 0. The van der Waals surface area contributed by atoms with Gasteiger partial charge in [-0.05, 0) is 32.0 Å². The van der Waals surface area contributed by atoms with E-state index in [1.54, 1.807) is 11.4 Å². The van der Waals surface area contributed by atoms with Gasteiger partial charge in [0.1, 0.15) is 0 Å². The second-order valence-electron chi connectivity index (χ2n) is 3.25. The molecule has 0 bridgehead atoms. The van der Waals surface area contributed by atoms with Crippen LogP contribution >= 0.6 is 0 Å². The first kappa shape index (κ1) is 8.26. The number of fused-ring (bicyclic) bond motifs is 1. The molecule has 0 fully saturated rings. The molecule has 0 aliphatic carbocycles. The van der Waals surface area contributed by atoms with E-state index in [2.05, 4.69) is 5.10 Å². The molecule has 0 saturated carbocycles. The summed E-state index contributed by atoms with van der Waals surface area (Å²) in [5.41, 5.74) is 2.81. The predicted octanol–water partition coefficient (Wildman–Crippen LogP) is 1.70. The normalized spacial score (nSPS) is 13.5. The van der Waals surface area contributed by atoms with Gasteiger partial charge in [-0.2, -0.15) is 5.10 Å². The Bertz CT molecular complexity index is 431. The van der Waals surface area contributed by atoms with Crippen molar-refractivity contribution in [1.29, 1.82) is 0 Å². The molecule has 0 radical (unpaired) electrons. The van der Waals surface area contributed by atoms with E-state index in [0.29, 0.717) is 0 Å². The van der Waals surface area contributed by atoms with Crippen LogP contribution in [-0.4, -0.2) is 14.7 Å². The van der Waals surface area contributed by atoms with Crippen molar-refractivity contribution in [2.45, 2.75) is 20.0 Å². The first-order valence-electron chi connectivity index (χ1n) is 4.32. The minimum Gasteiger partial charge on any atom is -0.387 e. The fraction of sp³-hybridized carbons (Fsp3) is 0.300. The summed E-state index contributed by atoms with van der Waals surface area (Å²) in [5, 5.41) is 13.8. The lowest BCUT2D eigenvalue weighted by Gasteiger charge is -2.06. The zero-order valence-corrected chi connectivity index (χ0v) is 7.73. The van der Waals surface area contributed by atoms with Crippen LogP contribution in [0.5, 0.6) is 0 Å². The average Bonchev–Trinajstić information content (AvgIpc) is 2.43. The topological polar surface area (TPSA) is 37.5 Å². The smallest absolute Gasteiger partial charge is 0.0932 e. The molecule has 1 unspecified atom stereocenters. The van der Waals surface area contributed by atoms with Crippen molar-refractivity contribution in [3.63, 3.8) is 0 Å². The molecule has 2 aromatic rings. The summed E-state index contributed by atoms with van der Waals surface area (Å²) in [6.45, 7) is 3.69. The molecular weight excluding hydrogens is 164 g/mol. The molecular formula is C10H12N2O. The monoisotopic (exact) mass is 176 g/mol. The second kappa shape index (κ2) is 2.85. The van der Waals surface area contributed by atoms with Gasteiger partial charge in [0.05, 0.1) is 23.0 Å². The summed E-state index contributed by atoms with van der Waals surface area (Å²) in [6.07, 6.45) is -0.483. The van der Waals surface area contributed by atoms with Crippen LogP contribution < -0.4 is 0 Å². The van der Waals surface area contributed by atoms with E-state index in [1.165, 1.54) is 0 Å². The van der Waals surface area contributed by atoms with Crippen molar-refractivity contribution in [3.05, 3.63) is 35.7 Å². The van der Waals surface area contributed by atoms with Crippen LogP contribution in [-0.2, 0) is 0 Å². The van der Waals surface area contributed by atoms with Gasteiger partial charge in [0.15, 0.2) is 0 Å². The largest absolute Gasteiger partial charge is 0.387 e. The third-order valence-electron chi connectivity index (χ3n) is 2.07. The SMILES string of the molecule is Cc1cc2cccc(C(C)O)n2n1. The average molecular weight is 176 g/mol. The molecule has 0 aliphatic rings. The molecule has 2 heterocycles. The van der Waals surface area contributed by atoms with Crippen molar-refractivity contribution in [1.82, 2.24) is 9.61 Å². The van der Waals surface area contributed by atoms with E-state index < -0.39 is 6.10 Å². The summed E-state index contributed by atoms with van der Waals surface area (Å²) in [7, 11) is 0. The highest BCUT2D eigenvalue weighted by Crippen LogP contribution is 2.14. The number of nitrogens with zero attached hydrogens (tertiary/aromatic N) is 2. The van der Waals surface area contributed by atoms with Crippen molar-refractivity contribution >= 4 is 5.52 Å². The van der Waals surface area contributed by atoms with E-state index >= 15 is 0 Å². The molecule has 68 valence electrons. The Morgan fingerprint density at radius 2 is 2.23 bits per heavy atom. The molecule has 13 heavy (non-hydrogen) atoms. The number of hydrogen-bond acceptors (Lipinski definition) is 2. The number of aromatic nitrogens is 2. The number of rotatable bonds is 1. The Morgan fingerprint density at radius 3 is 2.92 bits per heavy atom. The minimum atomic E-state index is -0.483. The molecule has 2 rings (SSSR count). The van der Waals surface area contributed by atoms with Crippen LogP contribution in [0.1, 0.15) is 24.4 Å². The summed E-state index contributed by atoms with van der Waals surface area (Å²) >= 11 is 0. The number of pyridine rings is 1. The summed E-state index contributed by atoms with van der Waals surface area (Å²) in [4.78, 5) is 0. The van der Waals surface area contributed by atoms with Gasteiger partial charge in [0, 0.05) is 0 Å². The second-order valence-corrected chi connectivity index (χ2v) is 3.25. The zero-order chi connectivity index (χ0) is 9.42. The van der Waals surface area contributed by atoms with Crippen LogP contribution in [0.15, 0.2) is 24.3 Å². The maximum atomic E-state index is 9.47. The lowest BCUT2D eigenvalue weighted by molar-refractivity contribution is 0.191. The maximum absolute atomic E-state index is 9.47. The molecule has 1 N–H and O–H groups in total. The first-order valence-corrected chi connectivity index (χ1v) is 4.32. The summed E-state index contributed by atoms with van der Waals surface area (Å²) in [6, 6.07) is 7.78. The van der Waals surface area contributed by atoms with Gasteiger partial charge in [-0.25, -0.2) is 4.52 Å². The van der Waals surface area contributed by atoms with Crippen LogP contribution in [0.25, 0.3) is 5.52 Å². The molecule has 0 aromatic carbocycles. The minimum absolute atomic E-state index is 0.483. The Kier molecular flexibility index (Phi) is 1.81. The van der Waals surface area contributed by atoms with Crippen LogP contribution in [0, 0.1) is 6.92 Å². The molecule has 0 aliphatic heterocycles. The third kappa shape index (κ3) is 1.31. The predicted molar refractivity (Wildman–Crippen MR) is 50.6 cm³/mol. The Morgan fingerprint density at radius 1 is 1.46 bits per heavy atom. The fourth-order valence-electron chi connectivity index (χ4n) is 1.48. The van der Waals surface area contributed by atoms with Crippen molar-refractivity contribution in [3.8, 4) is 0 Å². The van der Waals surface area contributed by atoms with Gasteiger partial charge < -0.3 is 5.11 Å². The van der Waals surface area contributed by atoms with Crippen LogP contribution in [0.2, 0.25) is 0 Å².